The number of benzene rings is 1. The summed E-state index contributed by atoms with van der Waals surface area (Å²) >= 11 is 0. The van der Waals surface area contributed by atoms with Gasteiger partial charge in [-0.1, -0.05) is 57.6 Å². The number of unbranched alkanes of at least 4 members (excludes halogenated alkanes) is 6. The Hall–Kier alpha value is -1.02. The number of hydrogen-bond acceptors (Lipinski definition) is 2. The van der Waals surface area contributed by atoms with Crippen molar-refractivity contribution in [3.63, 3.8) is 0 Å². The molecular weight excluding hydrogens is 246 g/mol. The van der Waals surface area contributed by atoms with Gasteiger partial charge in [0.2, 0.25) is 0 Å². The van der Waals surface area contributed by atoms with Crippen LogP contribution >= 0.6 is 0 Å². The van der Waals surface area contributed by atoms with Crippen LogP contribution in [0.15, 0.2) is 24.3 Å². The Balaban J connectivity index is 2.10. The molecule has 1 atom stereocenters. The van der Waals surface area contributed by atoms with Crippen molar-refractivity contribution in [1.29, 1.82) is 0 Å². The zero-order valence-electron chi connectivity index (χ0n) is 13.5. The van der Waals surface area contributed by atoms with E-state index in [-0.39, 0.29) is 0 Å². The molecule has 114 valence electrons. The van der Waals surface area contributed by atoms with E-state index in [4.69, 9.17) is 4.74 Å². The molecule has 0 bridgehead atoms. The van der Waals surface area contributed by atoms with Crippen molar-refractivity contribution in [1.82, 2.24) is 5.32 Å². The van der Waals surface area contributed by atoms with Crippen LogP contribution in [0.2, 0.25) is 0 Å². The minimum atomic E-state index is 0.396. The molecule has 2 heteroatoms. The third kappa shape index (κ3) is 6.95. The molecule has 0 saturated heterocycles. The van der Waals surface area contributed by atoms with Crippen LogP contribution < -0.4 is 10.1 Å². The second-order valence-corrected chi connectivity index (χ2v) is 5.55. The smallest absolute Gasteiger partial charge is 0.119 e. The van der Waals surface area contributed by atoms with Crippen LogP contribution in [-0.4, -0.2) is 13.7 Å². The van der Waals surface area contributed by atoms with Crippen LogP contribution in [0.4, 0.5) is 0 Å². The lowest BCUT2D eigenvalue weighted by molar-refractivity contribution is 0.304. The monoisotopic (exact) mass is 277 g/mol. The molecule has 0 spiro atoms. The van der Waals surface area contributed by atoms with E-state index in [1.807, 2.05) is 7.05 Å². The van der Waals surface area contributed by atoms with E-state index >= 15 is 0 Å². The van der Waals surface area contributed by atoms with Gasteiger partial charge in [0, 0.05) is 6.04 Å². The van der Waals surface area contributed by atoms with Gasteiger partial charge in [0.1, 0.15) is 5.75 Å². The summed E-state index contributed by atoms with van der Waals surface area (Å²) < 4.78 is 5.78. The minimum Gasteiger partial charge on any atom is -0.494 e. The highest BCUT2D eigenvalue weighted by atomic mass is 16.5. The van der Waals surface area contributed by atoms with Crippen LogP contribution in [0.25, 0.3) is 0 Å². The van der Waals surface area contributed by atoms with Gasteiger partial charge in [-0.25, -0.2) is 0 Å². The van der Waals surface area contributed by atoms with Crippen LogP contribution in [0.5, 0.6) is 5.75 Å². The quantitative estimate of drug-likeness (QED) is 0.568. The van der Waals surface area contributed by atoms with Gasteiger partial charge >= 0.3 is 0 Å². The SMILES string of the molecule is CCCCCCCCCOc1ccc(C(C)NC)cc1. The first-order valence-electron chi connectivity index (χ1n) is 8.18. The summed E-state index contributed by atoms with van der Waals surface area (Å²) in [6.07, 6.45) is 9.29. The molecule has 0 fully saturated rings. The standard InChI is InChI=1S/C18H31NO/c1-4-5-6-7-8-9-10-15-20-18-13-11-17(12-14-18)16(2)19-3/h11-14,16,19H,4-10,15H2,1-3H3. The summed E-state index contributed by atoms with van der Waals surface area (Å²) in [5, 5.41) is 3.24. The highest BCUT2D eigenvalue weighted by Crippen LogP contribution is 2.17. The Morgan fingerprint density at radius 2 is 1.55 bits per heavy atom. The second-order valence-electron chi connectivity index (χ2n) is 5.55. The maximum atomic E-state index is 5.78. The first-order valence-corrected chi connectivity index (χ1v) is 8.18. The molecule has 0 aliphatic carbocycles. The van der Waals surface area contributed by atoms with Crippen molar-refractivity contribution in [3.8, 4) is 5.75 Å². The topological polar surface area (TPSA) is 21.3 Å². The van der Waals surface area contributed by atoms with Gasteiger partial charge in [0.05, 0.1) is 6.61 Å². The zero-order valence-corrected chi connectivity index (χ0v) is 13.5. The molecule has 2 nitrogen and oxygen atoms in total. The Bertz CT molecular complexity index is 334. The predicted molar refractivity (Wildman–Crippen MR) is 87.4 cm³/mol. The molecule has 0 saturated carbocycles. The van der Waals surface area contributed by atoms with Crippen LogP contribution in [0.3, 0.4) is 0 Å². The average Bonchev–Trinajstić information content (AvgIpc) is 2.50. The van der Waals surface area contributed by atoms with Crippen molar-refractivity contribution in [2.45, 2.75) is 64.8 Å². The Morgan fingerprint density at radius 3 is 2.15 bits per heavy atom. The Morgan fingerprint density at radius 1 is 0.950 bits per heavy atom. The summed E-state index contributed by atoms with van der Waals surface area (Å²) in [5.74, 6) is 0.989. The molecule has 1 N–H and O–H groups in total. The molecule has 0 aromatic heterocycles. The average molecular weight is 277 g/mol. The maximum Gasteiger partial charge on any atom is 0.119 e. The maximum absolute atomic E-state index is 5.78. The van der Waals surface area contributed by atoms with Gasteiger partial charge in [0.25, 0.3) is 0 Å². The number of rotatable bonds is 11. The third-order valence-corrected chi connectivity index (χ3v) is 3.83. The van der Waals surface area contributed by atoms with Crippen molar-refractivity contribution < 1.29 is 4.74 Å². The summed E-state index contributed by atoms with van der Waals surface area (Å²) in [6.45, 7) is 5.26. The van der Waals surface area contributed by atoms with Gasteiger partial charge in [-0.15, -0.1) is 0 Å². The van der Waals surface area contributed by atoms with Gasteiger partial charge < -0.3 is 10.1 Å². The summed E-state index contributed by atoms with van der Waals surface area (Å²) in [7, 11) is 1.98. The number of hydrogen-bond donors (Lipinski definition) is 1. The van der Waals surface area contributed by atoms with Crippen molar-refractivity contribution in [2.75, 3.05) is 13.7 Å². The van der Waals surface area contributed by atoms with E-state index in [9.17, 15) is 0 Å². The lowest BCUT2D eigenvalue weighted by Gasteiger charge is -2.11. The minimum absolute atomic E-state index is 0.396. The van der Waals surface area contributed by atoms with Gasteiger partial charge in [-0.3, -0.25) is 0 Å². The molecule has 1 aromatic rings. The van der Waals surface area contributed by atoms with E-state index < -0.39 is 0 Å². The molecule has 0 aliphatic heterocycles. The number of ether oxygens (including phenoxy) is 1. The third-order valence-electron chi connectivity index (χ3n) is 3.83. The van der Waals surface area contributed by atoms with E-state index in [2.05, 4.69) is 43.4 Å². The second kappa shape index (κ2) is 10.7. The van der Waals surface area contributed by atoms with E-state index in [0.717, 1.165) is 12.4 Å². The fourth-order valence-corrected chi connectivity index (χ4v) is 2.27. The van der Waals surface area contributed by atoms with Gasteiger partial charge in [-0.05, 0) is 38.1 Å². The first kappa shape index (κ1) is 17.0. The highest BCUT2D eigenvalue weighted by molar-refractivity contribution is 5.28. The molecular formula is C18H31NO. The molecule has 20 heavy (non-hydrogen) atoms. The van der Waals surface area contributed by atoms with Crippen molar-refractivity contribution >= 4 is 0 Å². The zero-order chi connectivity index (χ0) is 14.6. The molecule has 0 aliphatic rings. The normalized spacial score (nSPS) is 12.3. The van der Waals surface area contributed by atoms with Crippen molar-refractivity contribution in [2.24, 2.45) is 0 Å². The molecule has 1 aromatic carbocycles. The molecule has 1 rings (SSSR count). The summed E-state index contributed by atoms with van der Waals surface area (Å²) in [4.78, 5) is 0. The molecule has 0 radical (unpaired) electrons. The highest BCUT2D eigenvalue weighted by Gasteiger charge is 2.02. The van der Waals surface area contributed by atoms with E-state index in [1.165, 1.54) is 50.5 Å². The van der Waals surface area contributed by atoms with E-state index in [0.29, 0.717) is 6.04 Å². The van der Waals surface area contributed by atoms with E-state index in [1.54, 1.807) is 0 Å². The fourth-order valence-electron chi connectivity index (χ4n) is 2.27. The van der Waals surface area contributed by atoms with Crippen LogP contribution in [0, 0.1) is 0 Å². The molecule has 0 amide bonds. The lowest BCUT2D eigenvalue weighted by Crippen LogP contribution is -2.11. The predicted octanol–water partition coefficient (Wildman–Crippen LogP) is 5.10. The largest absolute Gasteiger partial charge is 0.494 e. The van der Waals surface area contributed by atoms with Crippen LogP contribution in [-0.2, 0) is 0 Å². The van der Waals surface area contributed by atoms with Crippen molar-refractivity contribution in [3.05, 3.63) is 29.8 Å². The first-order chi connectivity index (χ1) is 9.77. The summed E-state index contributed by atoms with van der Waals surface area (Å²) in [5.41, 5.74) is 1.30. The van der Waals surface area contributed by atoms with Crippen LogP contribution in [0.1, 0.15) is 70.4 Å². The molecule has 1 unspecified atom stereocenters. The fraction of sp³-hybridized carbons (Fsp3) is 0.667. The summed E-state index contributed by atoms with van der Waals surface area (Å²) in [6, 6.07) is 8.82. The lowest BCUT2D eigenvalue weighted by atomic mass is 10.1. The molecule has 0 heterocycles. The Kier molecular flexibility index (Phi) is 9.14. The van der Waals surface area contributed by atoms with Gasteiger partial charge in [-0.2, -0.15) is 0 Å². The number of nitrogens with one attached hydrogen (secondary N) is 1. The Labute approximate surface area is 124 Å². The van der Waals surface area contributed by atoms with Gasteiger partial charge in [0.15, 0.2) is 0 Å².